The molecular formula is C17H25NO3. The van der Waals surface area contributed by atoms with Gasteiger partial charge in [0.15, 0.2) is 17.3 Å². The second-order valence-electron chi connectivity index (χ2n) is 5.79. The van der Waals surface area contributed by atoms with Crippen molar-refractivity contribution in [3.05, 3.63) is 23.8 Å². The Balaban J connectivity index is 2.12. The van der Waals surface area contributed by atoms with Crippen LogP contribution < -0.4 is 9.47 Å². The lowest BCUT2D eigenvalue weighted by Crippen LogP contribution is -2.45. The lowest BCUT2D eigenvalue weighted by atomic mass is 9.99. The van der Waals surface area contributed by atoms with Crippen LogP contribution in [0.15, 0.2) is 18.2 Å². The highest BCUT2D eigenvalue weighted by Crippen LogP contribution is 2.31. The van der Waals surface area contributed by atoms with Gasteiger partial charge in [0.25, 0.3) is 0 Å². The number of piperidine rings is 1. The summed E-state index contributed by atoms with van der Waals surface area (Å²) >= 11 is 0. The molecule has 4 nitrogen and oxygen atoms in total. The smallest absolute Gasteiger partial charge is 0.161 e. The summed E-state index contributed by atoms with van der Waals surface area (Å²) in [5.41, 5.74) is 0.640. The Morgan fingerprint density at radius 1 is 1.33 bits per heavy atom. The molecule has 0 aliphatic carbocycles. The van der Waals surface area contributed by atoms with Gasteiger partial charge in [-0.3, -0.25) is 9.69 Å². The molecule has 0 saturated carbocycles. The molecule has 0 radical (unpaired) electrons. The fourth-order valence-electron chi connectivity index (χ4n) is 2.96. The topological polar surface area (TPSA) is 38.8 Å². The van der Waals surface area contributed by atoms with Gasteiger partial charge in [-0.05, 0) is 58.5 Å². The number of benzene rings is 1. The Morgan fingerprint density at radius 3 is 2.71 bits per heavy atom. The SMILES string of the molecule is COc1cc(C(C)=O)ccc1OC(C)C1CCCCN1C. The average Bonchev–Trinajstić information content (AvgIpc) is 2.47. The van der Waals surface area contributed by atoms with Crippen molar-refractivity contribution in [3.63, 3.8) is 0 Å². The largest absolute Gasteiger partial charge is 0.493 e. The minimum atomic E-state index is 0.0277. The van der Waals surface area contributed by atoms with Gasteiger partial charge in [0.05, 0.1) is 7.11 Å². The summed E-state index contributed by atoms with van der Waals surface area (Å²) in [5.74, 6) is 1.35. The quantitative estimate of drug-likeness (QED) is 0.781. The number of hydrogen-bond donors (Lipinski definition) is 0. The number of likely N-dealkylation sites (N-methyl/N-ethyl adjacent to an activating group) is 1. The first kappa shape index (κ1) is 15.8. The number of Topliss-reactive ketones (excluding diaryl/α,β-unsaturated/α-hetero) is 1. The number of likely N-dealkylation sites (tertiary alicyclic amines) is 1. The maximum absolute atomic E-state index is 11.4. The minimum Gasteiger partial charge on any atom is -0.493 e. The first-order valence-electron chi connectivity index (χ1n) is 7.58. The van der Waals surface area contributed by atoms with E-state index in [0.29, 0.717) is 23.1 Å². The second-order valence-corrected chi connectivity index (χ2v) is 5.79. The summed E-state index contributed by atoms with van der Waals surface area (Å²) in [4.78, 5) is 13.8. The molecule has 0 bridgehead atoms. The van der Waals surface area contributed by atoms with Crippen molar-refractivity contribution in [1.29, 1.82) is 0 Å². The summed E-state index contributed by atoms with van der Waals surface area (Å²) in [5, 5.41) is 0. The Labute approximate surface area is 127 Å². The molecule has 2 atom stereocenters. The van der Waals surface area contributed by atoms with E-state index in [1.165, 1.54) is 12.8 Å². The van der Waals surface area contributed by atoms with Gasteiger partial charge >= 0.3 is 0 Å². The van der Waals surface area contributed by atoms with E-state index < -0.39 is 0 Å². The highest BCUT2D eigenvalue weighted by molar-refractivity contribution is 5.94. The standard InChI is InChI=1S/C17H25NO3/c1-12(19)14-8-9-16(17(11-14)20-4)21-13(2)15-7-5-6-10-18(15)3/h8-9,11,13,15H,5-7,10H2,1-4H3. The third-order valence-electron chi connectivity index (χ3n) is 4.25. The summed E-state index contributed by atoms with van der Waals surface area (Å²) in [6, 6.07) is 5.79. The first-order valence-corrected chi connectivity index (χ1v) is 7.58. The van der Waals surface area contributed by atoms with E-state index in [9.17, 15) is 4.79 Å². The first-order chi connectivity index (χ1) is 10.0. The summed E-state index contributed by atoms with van der Waals surface area (Å²) in [7, 11) is 3.75. The van der Waals surface area contributed by atoms with E-state index in [-0.39, 0.29) is 11.9 Å². The predicted octanol–water partition coefficient (Wildman–Crippen LogP) is 3.15. The average molecular weight is 291 g/mol. The highest BCUT2D eigenvalue weighted by atomic mass is 16.5. The highest BCUT2D eigenvalue weighted by Gasteiger charge is 2.26. The van der Waals surface area contributed by atoms with E-state index in [2.05, 4.69) is 18.9 Å². The van der Waals surface area contributed by atoms with E-state index in [1.54, 1.807) is 26.2 Å². The zero-order valence-electron chi connectivity index (χ0n) is 13.4. The van der Waals surface area contributed by atoms with Gasteiger partial charge in [0, 0.05) is 11.6 Å². The fourth-order valence-corrected chi connectivity index (χ4v) is 2.96. The molecule has 116 valence electrons. The molecule has 1 heterocycles. The van der Waals surface area contributed by atoms with E-state index in [0.717, 1.165) is 13.0 Å². The van der Waals surface area contributed by atoms with Crippen LogP contribution in [0, 0.1) is 0 Å². The Kier molecular flexibility index (Phi) is 5.23. The summed E-state index contributed by atoms with van der Waals surface area (Å²) < 4.78 is 11.5. The van der Waals surface area contributed by atoms with Gasteiger partial charge in [-0.2, -0.15) is 0 Å². The maximum atomic E-state index is 11.4. The number of ether oxygens (including phenoxy) is 2. The molecule has 2 unspecified atom stereocenters. The van der Waals surface area contributed by atoms with Gasteiger partial charge in [0.1, 0.15) is 6.10 Å². The number of carbonyl (C=O) groups excluding carboxylic acids is 1. The molecule has 1 aromatic carbocycles. The van der Waals surface area contributed by atoms with E-state index >= 15 is 0 Å². The van der Waals surface area contributed by atoms with Gasteiger partial charge in [-0.15, -0.1) is 0 Å². The maximum Gasteiger partial charge on any atom is 0.161 e. The van der Waals surface area contributed by atoms with Gasteiger partial charge in [0.2, 0.25) is 0 Å². The Hall–Kier alpha value is -1.55. The van der Waals surface area contributed by atoms with Crippen LogP contribution >= 0.6 is 0 Å². The Bertz CT molecular complexity index is 501. The number of methoxy groups -OCH3 is 1. The van der Waals surface area contributed by atoms with Crippen molar-refractivity contribution in [2.24, 2.45) is 0 Å². The van der Waals surface area contributed by atoms with Crippen molar-refractivity contribution in [2.75, 3.05) is 20.7 Å². The van der Waals surface area contributed by atoms with Crippen LogP contribution in [0.1, 0.15) is 43.5 Å². The molecule has 0 amide bonds. The molecule has 2 rings (SSSR count). The van der Waals surface area contributed by atoms with Crippen LogP contribution in [0.5, 0.6) is 11.5 Å². The number of hydrogen-bond acceptors (Lipinski definition) is 4. The van der Waals surface area contributed by atoms with Crippen LogP contribution in [0.4, 0.5) is 0 Å². The third-order valence-corrected chi connectivity index (χ3v) is 4.25. The van der Waals surface area contributed by atoms with Crippen LogP contribution in [-0.2, 0) is 0 Å². The zero-order valence-corrected chi connectivity index (χ0v) is 13.4. The monoisotopic (exact) mass is 291 g/mol. The minimum absolute atomic E-state index is 0.0277. The molecule has 1 aromatic rings. The second kappa shape index (κ2) is 6.94. The summed E-state index contributed by atoms with van der Waals surface area (Å²) in [6.07, 6.45) is 3.76. The van der Waals surface area contributed by atoms with Crippen molar-refractivity contribution in [1.82, 2.24) is 4.90 Å². The molecular weight excluding hydrogens is 266 g/mol. The molecule has 4 heteroatoms. The van der Waals surface area contributed by atoms with Crippen molar-refractivity contribution in [3.8, 4) is 11.5 Å². The van der Waals surface area contributed by atoms with Crippen molar-refractivity contribution in [2.45, 2.75) is 45.3 Å². The van der Waals surface area contributed by atoms with E-state index in [1.807, 2.05) is 6.07 Å². The number of carbonyl (C=O) groups is 1. The predicted molar refractivity (Wildman–Crippen MR) is 83.4 cm³/mol. The van der Waals surface area contributed by atoms with Gasteiger partial charge in [-0.1, -0.05) is 6.42 Å². The zero-order chi connectivity index (χ0) is 15.4. The molecule has 1 aliphatic rings. The number of rotatable bonds is 5. The third kappa shape index (κ3) is 3.76. The van der Waals surface area contributed by atoms with Crippen LogP contribution in [0.2, 0.25) is 0 Å². The van der Waals surface area contributed by atoms with Crippen LogP contribution in [0.25, 0.3) is 0 Å². The molecule has 1 aliphatic heterocycles. The number of ketones is 1. The number of nitrogens with zero attached hydrogens (tertiary/aromatic N) is 1. The fraction of sp³-hybridized carbons (Fsp3) is 0.588. The van der Waals surface area contributed by atoms with Crippen molar-refractivity contribution >= 4 is 5.78 Å². The van der Waals surface area contributed by atoms with Crippen molar-refractivity contribution < 1.29 is 14.3 Å². The molecule has 1 saturated heterocycles. The van der Waals surface area contributed by atoms with E-state index in [4.69, 9.17) is 9.47 Å². The molecule has 1 fully saturated rings. The van der Waals surface area contributed by atoms with Crippen LogP contribution in [0.3, 0.4) is 0 Å². The Morgan fingerprint density at radius 2 is 2.10 bits per heavy atom. The molecule has 0 N–H and O–H groups in total. The lowest BCUT2D eigenvalue weighted by Gasteiger charge is -2.36. The molecule has 21 heavy (non-hydrogen) atoms. The van der Waals surface area contributed by atoms with Gasteiger partial charge in [-0.25, -0.2) is 0 Å². The van der Waals surface area contributed by atoms with Crippen LogP contribution in [-0.4, -0.2) is 43.5 Å². The lowest BCUT2D eigenvalue weighted by molar-refractivity contribution is 0.0667. The molecule has 0 spiro atoms. The normalized spacial score (nSPS) is 20.9. The molecule has 0 aromatic heterocycles. The summed E-state index contributed by atoms with van der Waals surface area (Å²) in [6.45, 7) is 4.78. The van der Waals surface area contributed by atoms with Gasteiger partial charge < -0.3 is 9.47 Å².